The molecule has 1 saturated heterocycles. The van der Waals surface area contributed by atoms with Crippen molar-refractivity contribution in [2.45, 2.75) is 44.3 Å². The minimum Gasteiger partial charge on any atom is -0.339 e. The zero-order chi connectivity index (χ0) is 17.2. The lowest BCUT2D eigenvalue weighted by atomic mass is 10.1. The second kappa shape index (κ2) is 6.95. The average molecular weight is 337 g/mol. The Morgan fingerprint density at radius 2 is 2.24 bits per heavy atom. The van der Waals surface area contributed by atoms with Crippen LogP contribution in [0.1, 0.15) is 48.0 Å². The van der Waals surface area contributed by atoms with Gasteiger partial charge in [-0.2, -0.15) is 10.2 Å². The Hall–Kier alpha value is -2.23. The number of likely N-dealkylation sites (N-methyl/N-ethyl adjacent to an activating group) is 1. The van der Waals surface area contributed by atoms with Crippen molar-refractivity contribution < 1.29 is 4.52 Å². The van der Waals surface area contributed by atoms with Crippen LogP contribution in [0, 0.1) is 11.3 Å². The van der Waals surface area contributed by atoms with Crippen LogP contribution >= 0.6 is 0 Å². The number of rotatable bonds is 6. The summed E-state index contributed by atoms with van der Waals surface area (Å²) in [6, 6.07) is 10.6. The Balaban J connectivity index is 1.30. The van der Waals surface area contributed by atoms with E-state index in [1.807, 2.05) is 18.2 Å². The lowest BCUT2D eigenvalue weighted by Crippen LogP contribution is -2.34. The maximum atomic E-state index is 9.03. The summed E-state index contributed by atoms with van der Waals surface area (Å²) in [5.74, 6) is 2.12. The van der Waals surface area contributed by atoms with Gasteiger partial charge in [-0.05, 0) is 44.0 Å². The van der Waals surface area contributed by atoms with Gasteiger partial charge in [0.15, 0.2) is 5.82 Å². The van der Waals surface area contributed by atoms with Crippen molar-refractivity contribution >= 4 is 0 Å². The van der Waals surface area contributed by atoms with Crippen LogP contribution in [0.2, 0.25) is 0 Å². The molecular formula is C19H23N5O. The summed E-state index contributed by atoms with van der Waals surface area (Å²) in [7, 11) is 2.14. The minimum atomic E-state index is 0.502. The molecule has 1 aromatic heterocycles. The number of hydrogen-bond donors (Lipinski definition) is 0. The first-order chi connectivity index (χ1) is 12.2. The molecule has 25 heavy (non-hydrogen) atoms. The van der Waals surface area contributed by atoms with Gasteiger partial charge in [-0.1, -0.05) is 17.3 Å². The summed E-state index contributed by atoms with van der Waals surface area (Å²) >= 11 is 0. The molecule has 1 atom stereocenters. The monoisotopic (exact) mass is 337 g/mol. The summed E-state index contributed by atoms with van der Waals surface area (Å²) in [6.07, 6.45) is 3.51. The molecule has 2 aliphatic rings. The summed E-state index contributed by atoms with van der Waals surface area (Å²) in [4.78, 5) is 9.30. The van der Waals surface area contributed by atoms with Gasteiger partial charge < -0.3 is 4.52 Å². The van der Waals surface area contributed by atoms with Crippen LogP contribution in [-0.2, 0) is 13.1 Å². The van der Waals surface area contributed by atoms with Crippen LogP contribution in [0.3, 0.4) is 0 Å². The molecule has 2 aromatic rings. The summed E-state index contributed by atoms with van der Waals surface area (Å²) in [6.45, 7) is 3.73. The van der Waals surface area contributed by atoms with Gasteiger partial charge >= 0.3 is 0 Å². The van der Waals surface area contributed by atoms with Gasteiger partial charge in [0.05, 0.1) is 18.2 Å². The third kappa shape index (κ3) is 3.89. The van der Waals surface area contributed by atoms with E-state index in [0.717, 1.165) is 49.9 Å². The average Bonchev–Trinajstić information content (AvgIpc) is 3.19. The maximum Gasteiger partial charge on any atom is 0.229 e. The van der Waals surface area contributed by atoms with E-state index < -0.39 is 0 Å². The highest BCUT2D eigenvalue weighted by molar-refractivity contribution is 5.32. The Bertz CT molecular complexity index is 776. The SMILES string of the molecule is CN(Cc1noc(C2CC2)n1)C1CCN(Cc2cccc(C#N)c2)C1. The highest BCUT2D eigenvalue weighted by Crippen LogP contribution is 2.38. The minimum absolute atomic E-state index is 0.502. The Labute approximate surface area is 148 Å². The van der Waals surface area contributed by atoms with E-state index in [2.05, 4.69) is 39.1 Å². The lowest BCUT2D eigenvalue weighted by molar-refractivity contribution is 0.216. The molecule has 6 heteroatoms. The van der Waals surface area contributed by atoms with Crippen molar-refractivity contribution in [3.8, 4) is 6.07 Å². The van der Waals surface area contributed by atoms with Crippen LogP contribution in [0.25, 0.3) is 0 Å². The van der Waals surface area contributed by atoms with Gasteiger partial charge in [0.2, 0.25) is 5.89 Å². The van der Waals surface area contributed by atoms with E-state index in [9.17, 15) is 0 Å². The standard InChI is InChI=1S/C19H23N5O/c1-23(13-18-21-19(25-22-18)16-5-6-16)17-7-8-24(12-17)11-15-4-2-3-14(9-15)10-20/h2-4,9,16-17H,5-8,11-13H2,1H3. The van der Waals surface area contributed by atoms with Crippen LogP contribution in [0.5, 0.6) is 0 Å². The largest absolute Gasteiger partial charge is 0.339 e. The van der Waals surface area contributed by atoms with E-state index in [-0.39, 0.29) is 0 Å². The van der Waals surface area contributed by atoms with Gasteiger partial charge in [-0.15, -0.1) is 0 Å². The van der Waals surface area contributed by atoms with Crippen LogP contribution in [-0.4, -0.2) is 46.1 Å². The van der Waals surface area contributed by atoms with Gasteiger partial charge in [-0.25, -0.2) is 0 Å². The van der Waals surface area contributed by atoms with Crippen molar-refractivity contribution in [1.29, 1.82) is 5.26 Å². The first-order valence-corrected chi connectivity index (χ1v) is 8.95. The maximum absolute atomic E-state index is 9.03. The molecule has 130 valence electrons. The van der Waals surface area contributed by atoms with Crippen molar-refractivity contribution in [3.05, 3.63) is 47.1 Å². The number of nitrogens with zero attached hydrogens (tertiary/aromatic N) is 5. The molecule has 1 saturated carbocycles. The molecule has 0 spiro atoms. The Kier molecular flexibility index (Phi) is 4.51. The van der Waals surface area contributed by atoms with Gasteiger partial charge in [-0.3, -0.25) is 9.80 Å². The van der Waals surface area contributed by atoms with E-state index >= 15 is 0 Å². The molecule has 2 fully saturated rings. The Morgan fingerprint density at radius 1 is 1.36 bits per heavy atom. The number of hydrogen-bond acceptors (Lipinski definition) is 6. The fourth-order valence-corrected chi connectivity index (χ4v) is 3.49. The zero-order valence-electron chi connectivity index (χ0n) is 14.6. The molecule has 1 aliphatic carbocycles. The third-order valence-electron chi connectivity index (χ3n) is 5.13. The van der Waals surface area contributed by atoms with E-state index in [0.29, 0.717) is 12.0 Å². The van der Waals surface area contributed by atoms with Crippen LogP contribution in [0.15, 0.2) is 28.8 Å². The van der Waals surface area contributed by atoms with E-state index in [1.54, 1.807) is 0 Å². The fourth-order valence-electron chi connectivity index (χ4n) is 3.49. The number of likely N-dealkylation sites (tertiary alicyclic amines) is 1. The molecule has 1 aromatic carbocycles. The number of aromatic nitrogens is 2. The smallest absolute Gasteiger partial charge is 0.229 e. The van der Waals surface area contributed by atoms with Crippen molar-refractivity contribution in [2.24, 2.45) is 0 Å². The van der Waals surface area contributed by atoms with E-state index in [4.69, 9.17) is 9.78 Å². The zero-order valence-corrected chi connectivity index (χ0v) is 14.6. The van der Waals surface area contributed by atoms with Gasteiger partial charge in [0, 0.05) is 31.6 Å². The lowest BCUT2D eigenvalue weighted by Gasteiger charge is -2.23. The van der Waals surface area contributed by atoms with Crippen molar-refractivity contribution in [1.82, 2.24) is 19.9 Å². The normalized spacial score (nSPS) is 20.9. The molecule has 6 nitrogen and oxygen atoms in total. The highest BCUT2D eigenvalue weighted by Gasteiger charge is 2.30. The second-order valence-electron chi connectivity index (χ2n) is 7.23. The molecule has 1 unspecified atom stereocenters. The topological polar surface area (TPSA) is 69.2 Å². The quantitative estimate of drug-likeness (QED) is 0.807. The molecule has 1 aliphatic heterocycles. The molecule has 4 rings (SSSR count). The van der Waals surface area contributed by atoms with Crippen LogP contribution < -0.4 is 0 Å². The van der Waals surface area contributed by atoms with Crippen molar-refractivity contribution in [2.75, 3.05) is 20.1 Å². The molecule has 0 bridgehead atoms. The summed E-state index contributed by atoms with van der Waals surface area (Å²) in [5.41, 5.74) is 1.93. The number of benzene rings is 1. The van der Waals surface area contributed by atoms with Gasteiger partial charge in [0.1, 0.15) is 0 Å². The highest BCUT2D eigenvalue weighted by atomic mass is 16.5. The Morgan fingerprint density at radius 3 is 3.04 bits per heavy atom. The fraction of sp³-hybridized carbons (Fsp3) is 0.526. The predicted octanol–water partition coefficient (Wildman–Crippen LogP) is 2.52. The van der Waals surface area contributed by atoms with E-state index in [1.165, 1.54) is 18.4 Å². The number of nitriles is 1. The summed E-state index contributed by atoms with van der Waals surface area (Å²) in [5, 5.41) is 13.2. The summed E-state index contributed by atoms with van der Waals surface area (Å²) < 4.78 is 5.35. The molecule has 0 amide bonds. The molecule has 0 N–H and O–H groups in total. The predicted molar refractivity (Wildman–Crippen MR) is 92.6 cm³/mol. The van der Waals surface area contributed by atoms with Crippen molar-refractivity contribution in [3.63, 3.8) is 0 Å². The molecule has 0 radical (unpaired) electrons. The van der Waals surface area contributed by atoms with Gasteiger partial charge in [0.25, 0.3) is 0 Å². The first-order valence-electron chi connectivity index (χ1n) is 8.95. The first kappa shape index (κ1) is 16.2. The third-order valence-corrected chi connectivity index (χ3v) is 5.13. The molecular weight excluding hydrogens is 314 g/mol. The molecule has 2 heterocycles. The second-order valence-corrected chi connectivity index (χ2v) is 7.23. The van der Waals surface area contributed by atoms with Crippen LogP contribution in [0.4, 0.5) is 0 Å².